The second-order valence-corrected chi connectivity index (χ2v) is 8.85. The van der Waals surface area contributed by atoms with Gasteiger partial charge in [0.05, 0.1) is 0 Å². The predicted octanol–water partition coefficient (Wildman–Crippen LogP) is 3.90. The van der Waals surface area contributed by atoms with Gasteiger partial charge >= 0.3 is 0 Å². The molecule has 33 heavy (non-hydrogen) atoms. The van der Waals surface area contributed by atoms with Crippen LogP contribution in [-0.2, 0) is 11.2 Å². The second kappa shape index (κ2) is 9.98. The van der Waals surface area contributed by atoms with Gasteiger partial charge in [0.1, 0.15) is 11.7 Å². The molecule has 1 aliphatic rings. The quantitative estimate of drug-likeness (QED) is 0.598. The van der Waals surface area contributed by atoms with Gasteiger partial charge in [-0.25, -0.2) is 0 Å². The van der Waals surface area contributed by atoms with Gasteiger partial charge in [-0.3, -0.25) is 19.7 Å². The highest BCUT2D eigenvalue weighted by molar-refractivity contribution is 5.97. The van der Waals surface area contributed by atoms with Crippen molar-refractivity contribution in [3.05, 3.63) is 71.8 Å². The topological polar surface area (TPSA) is 82.2 Å². The number of rotatable bonds is 7. The van der Waals surface area contributed by atoms with Crippen molar-refractivity contribution in [1.29, 1.82) is 0 Å². The summed E-state index contributed by atoms with van der Waals surface area (Å²) < 4.78 is 0. The Bertz CT molecular complexity index is 1090. The van der Waals surface area contributed by atoms with Gasteiger partial charge in [0, 0.05) is 44.1 Å². The molecule has 3 heterocycles. The van der Waals surface area contributed by atoms with Crippen molar-refractivity contribution in [2.45, 2.75) is 45.6 Å². The highest BCUT2D eigenvalue weighted by atomic mass is 16.2. The van der Waals surface area contributed by atoms with E-state index in [1.165, 1.54) is 0 Å². The molecule has 1 unspecified atom stereocenters. The van der Waals surface area contributed by atoms with E-state index in [4.69, 9.17) is 0 Å². The first-order chi connectivity index (χ1) is 16.0. The van der Waals surface area contributed by atoms with Gasteiger partial charge in [0.15, 0.2) is 0 Å². The average molecular weight is 446 g/mol. The number of aromatic nitrogens is 3. The van der Waals surface area contributed by atoms with Gasteiger partial charge in [-0.2, -0.15) is 5.10 Å². The van der Waals surface area contributed by atoms with Crippen LogP contribution >= 0.6 is 0 Å². The number of hydrogen-bond donors (Lipinski definition) is 1. The molecule has 7 heteroatoms. The largest absolute Gasteiger partial charge is 0.339 e. The molecule has 1 aliphatic heterocycles. The number of H-pyrrole nitrogens is 1. The first-order valence-corrected chi connectivity index (χ1v) is 11.6. The molecular formula is C26H31N5O2. The third-order valence-corrected chi connectivity index (χ3v) is 6.15. The number of pyridine rings is 1. The fraction of sp³-hybridized carbons (Fsp3) is 0.385. The molecule has 0 saturated carbocycles. The van der Waals surface area contributed by atoms with Crippen LogP contribution in [0.25, 0.3) is 11.1 Å². The molecule has 2 aromatic heterocycles. The van der Waals surface area contributed by atoms with Crippen LogP contribution in [0.3, 0.4) is 0 Å². The second-order valence-electron chi connectivity index (χ2n) is 8.85. The summed E-state index contributed by atoms with van der Waals surface area (Å²) in [5.74, 6) is 0.0586. The zero-order valence-electron chi connectivity index (χ0n) is 19.5. The number of nitrogens with zero attached hydrogens (tertiary/aromatic N) is 4. The summed E-state index contributed by atoms with van der Waals surface area (Å²) >= 11 is 0. The van der Waals surface area contributed by atoms with E-state index in [0.29, 0.717) is 31.7 Å². The van der Waals surface area contributed by atoms with Crippen molar-refractivity contribution in [2.24, 2.45) is 0 Å². The zero-order chi connectivity index (χ0) is 23.4. The Morgan fingerprint density at radius 1 is 1.15 bits per heavy atom. The summed E-state index contributed by atoms with van der Waals surface area (Å²) in [6, 6.07) is 13.3. The Balaban J connectivity index is 1.57. The zero-order valence-corrected chi connectivity index (χ0v) is 19.5. The molecule has 1 aromatic carbocycles. The highest BCUT2D eigenvalue weighted by Gasteiger charge is 2.38. The fourth-order valence-corrected chi connectivity index (χ4v) is 4.25. The summed E-state index contributed by atoms with van der Waals surface area (Å²) in [5, 5.41) is 7.19. The first kappa shape index (κ1) is 22.7. The smallest absolute Gasteiger partial charge is 0.275 e. The van der Waals surface area contributed by atoms with E-state index in [1.54, 1.807) is 17.2 Å². The molecule has 3 aromatic rings. The maximum absolute atomic E-state index is 13.4. The molecule has 1 N–H and O–H groups in total. The van der Waals surface area contributed by atoms with Crippen LogP contribution in [-0.4, -0.2) is 62.5 Å². The third-order valence-electron chi connectivity index (χ3n) is 6.15. The van der Waals surface area contributed by atoms with Crippen LogP contribution in [0.4, 0.5) is 0 Å². The van der Waals surface area contributed by atoms with Crippen LogP contribution < -0.4 is 0 Å². The van der Waals surface area contributed by atoms with E-state index in [9.17, 15) is 9.59 Å². The van der Waals surface area contributed by atoms with Crippen LogP contribution in [0.2, 0.25) is 0 Å². The van der Waals surface area contributed by atoms with E-state index < -0.39 is 6.04 Å². The Hall–Kier alpha value is -3.48. The van der Waals surface area contributed by atoms with E-state index in [0.717, 1.165) is 28.8 Å². The van der Waals surface area contributed by atoms with Crippen molar-refractivity contribution < 1.29 is 9.59 Å². The van der Waals surface area contributed by atoms with Crippen LogP contribution in [0.1, 0.15) is 54.9 Å². The maximum atomic E-state index is 13.4. The number of hydrogen-bond acceptors (Lipinski definition) is 4. The number of amides is 2. The van der Waals surface area contributed by atoms with Crippen molar-refractivity contribution in [1.82, 2.24) is 25.0 Å². The summed E-state index contributed by atoms with van der Waals surface area (Å²) in [7, 11) is 0. The van der Waals surface area contributed by atoms with E-state index >= 15 is 0 Å². The summed E-state index contributed by atoms with van der Waals surface area (Å²) in [5.41, 5.74) is 4.41. The van der Waals surface area contributed by atoms with E-state index in [-0.39, 0.29) is 17.7 Å². The van der Waals surface area contributed by atoms with Gasteiger partial charge in [-0.1, -0.05) is 51.1 Å². The van der Waals surface area contributed by atoms with Gasteiger partial charge in [0.25, 0.3) is 5.91 Å². The Morgan fingerprint density at radius 3 is 2.58 bits per heavy atom. The number of aromatic amines is 1. The van der Waals surface area contributed by atoms with Crippen LogP contribution in [0.15, 0.2) is 54.9 Å². The summed E-state index contributed by atoms with van der Waals surface area (Å²) in [6.07, 6.45) is 4.95. The van der Waals surface area contributed by atoms with Crippen molar-refractivity contribution in [3.8, 4) is 11.1 Å². The van der Waals surface area contributed by atoms with Crippen LogP contribution in [0.5, 0.6) is 0 Å². The lowest BCUT2D eigenvalue weighted by atomic mass is 9.98. The van der Waals surface area contributed by atoms with Gasteiger partial charge in [0.2, 0.25) is 5.91 Å². The first-order valence-electron chi connectivity index (χ1n) is 11.6. The lowest BCUT2D eigenvalue weighted by Crippen LogP contribution is -2.59. The molecule has 0 spiro atoms. The number of benzene rings is 1. The van der Waals surface area contributed by atoms with Crippen LogP contribution in [0, 0.1) is 0 Å². The molecule has 4 rings (SSSR count). The molecule has 1 fully saturated rings. The predicted molar refractivity (Wildman–Crippen MR) is 128 cm³/mol. The average Bonchev–Trinajstić information content (AvgIpc) is 3.33. The molecule has 7 nitrogen and oxygen atoms in total. The molecular weight excluding hydrogens is 414 g/mol. The van der Waals surface area contributed by atoms with Crippen molar-refractivity contribution >= 4 is 11.8 Å². The lowest BCUT2D eigenvalue weighted by molar-refractivity contribution is -0.140. The molecule has 0 bridgehead atoms. The lowest BCUT2D eigenvalue weighted by Gasteiger charge is -2.40. The minimum Gasteiger partial charge on any atom is -0.339 e. The van der Waals surface area contributed by atoms with E-state index in [2.05, 4.69) is 22.1 Å². The number of piperazine rings is 1. The Morgan fingerprint density at radius 2 is 1.94 bits per heavy atom. The van der Waals surface area contributed by atoms with Gasteiger partial charge in [-0.05, 0) is 41.2 Å². The minimum absolute atomic E-state index is 0.00686. The maximum Gasteiger partial charge on any atom is 0.275 e. The van der Waals surface area contributed by atoms with Crippen molar-refractivity contribution in [3.63, 3.8) is 0 Å². The minimum atomic E-state index is -0.541. The van der Waals surface area contributed by atoms with Gasteiger partial charge in [-0.15, -0.1) is 0 Å². The van der Waals surface area contributed by atoms with Gasteiger partial charge < -0.3 is 9.80 Å². The molecule has 172 valence electrons. The molecule has 1 atom stereocenters. The number of carbonyl (C=O) groups is 2. The standard InChI is InChI=1S/C26H31N5O2/c1-4-12-30-13-14-31(25(32)23-16-22(18(2)3)28-29-23)24(26(30)33)15-19-7-9-20(10-8-19)21-6-5-11-27-17-21/h5-11,16-18,24H,4,12-15H2,1-3H3,(H,28,29). The SMILES string of the molecule is CCCN1CCN(C(=O)c2cc(C(C)C)[nH]n2)C(Cc2ccc(-c3cccnc3)cc2)C1=O. The monoisotopic (exact) mass is 445 g/mol. The number of nitrogens with one attached hydrogen (secondary N) is 1. The summed E-state index contributed by atoms with van der Waals surface area (Å²) in [4.78, 5) is 34.5. The normalized spacial score (nSPS) is 16.5. The molecule has 1 saturated heterocycles. The molecule has 2 amide bonds. The fourth-order valence-electron chi connectivity index (χ4n) is 4.25. The highest BCUT2D eigenvalue weighted by Crippen LogP contribution is 2.23. The number of carbonyl (C=O) groups excluding carboxylic acids is 2. The molecule has 0 radical (unpaired) electrons. The van der Waals surface area contributed by atoms with Crippen molar-refractivity contribution in [2.75, 3.05) is 19.6 Å². The molecule has 0 aliphatic carbocycles. The Labute approximate surface area is 194 Å². The van der Waals surface area contributed by atoms with E-state index in [1.807, 2.05) is 61.3 Å². The Kier molecular flexibility index (Phi) is 6.87. The third kappa shape index (κ3) is 4.97. The summed E-state index contributed by atoms with van der Waals surface area (Å²) in [6.45, 7) is 7.92.